The Balaban J connectivity index is 2.87. The molecule has 0 amide bonds. The van der Waals surface area contributed by atoms with Gasteiger partial charge in [0, 0.05) is 13.2 Å². The van der Waals surface area contributed by atoms with E-state index in [-0.39, 0.29) is 11.0 Å². The molecule has 8 heteroatoms. The number of halogens is 3. The number of carbonyl (C=O) groups is 1. The zero-order valence-corrected chi connectivity index (χ0v) is 8.49. The minimum Gasteiger partial charge on any atom is -0.476 e. The number of aromatic nitrogens is 3. The standard InChI is InChI=1S/C9H6F3N3O2/c1-15-7-4(9(10,11)12)2-3-13-5(7)6(14-15)8(16)17/h2-3H,1H3,(H,16,17). The Bertz CT molecular complexity index is 603. The van der Waals surface area contributed by atoms with Crippen molar-refractivity contribution in [3.63, 3.8) is 0 Å². The van der Waals surface area contributed by atoms with E-state index in [9.17, 15) is 18.0 Å². The van der Waals surface area contributed by atoms with Gasteiger partial charge in [0.05, 0.1) is 11.1 Å². The summed E-state index contributed by atoms with van der Waals surface area (Å²) in [6, 6.07) is 0.787. The van der Waals surface area contributed by atoms with Crippen LogP contribution in [0.25, 0.3) is 11.0 Å². The number of carboxylic acids is 1. The molecular weight excluding hydrogens is 239 g/mol. The predicted octanol–water partition coefficient (Wildman–Crippen LogP) is 1.69. The Morgan fingerprint density at radius 1 is 1.47 bits per heavy atom. The van der Waals surface area contributed by atoms with Gasteiger partial charge >= 0.3 is 12.1 Å². The molecule has 2 rings (SSSR count). The smallest absolute Gasteiger partial charge is 0.418 e. The van der Waals surface area contributed by atoms with Crippen molar-refractivity contribution in [1.82, 2.24) is 14.8 Å². The molecule has 0 aliphatic rings. The molecule has 0 aliphatic carbocycles. The highest BCUT2D eigenvalue weighted by Gasteiger charge is 2.35. The van der Waals surface area contributed by atoms with Crippen molar-refractivity contribution in [3.05, 3.63) is 23.5 Å². The largest absolute Gasteiger partial charge is 0.476 e. The summed E-state index contributed by atoms with van der Waals surface area (Å²) in [4.78, 5) is 14.4. The normalized spacial score (nSPS) is 12.0. The monoisotopic (exact) mass is 245 g/mol. The van der Waals surface area contributed by atoms with Crippen LogP contribution in [0.1, 0.15) is 16.1 Å². The van der Waals surface area contributed by atoms with E-state index >= 15 is 0 Å². The lowest BCUT2D eigenvalue weighted by Gasteiger charge is -2.07. The Hall–Kier alpha value is -2.12. The maximum absolute atomic E-state index is 12.7. The minimum absolute atomic E-state index is 0.269. The quantitative estimate of drug-likeness (QED) is 0.830. The van der Waals surface area contributed by atoms with Crippen LogP contribution < -0.4 is 0 Å². The van der Waals surface area contributed by atoms with Crippen molar-refractivity contribution in [2.24, 2.45) is 7.05 Å². The molecule has 0 saturated carbocycles. The maximum atomic E-state index is 12.7. The lowest BCUT2D eigenvalue weighted by Crippen LogP contribution is -2.08. The second-order valence-corrected chi connectivity index (χ2v) is 3.33. The van der Waals surface area contributed by atoms with Crippen LogP contribution in [0.4, 0.5) is 13.2 Å². The molecule has 0 radical (unpaired) electrons. The number of alkyl halides is 3. The molecule has 0 aliphatic heterocycles. The van der Waals surface area contributed by atoms with Crippen molar-refractivity contribution >= 4 is 17.0 Å². The van der Waals surface area contributed by atoms with Crippen LogP contribution in [0.5, 0.6) is 0 Å². The number of hydrogen-bond acceptors (Lipinski definition) is 3. The first-order valence-electron chi connectivity index (χ1n) is 4.44. The molecule has 0 fully saturated rings. The molecule has 17 heavy (non-hydrogen) atoms. The van der Waals surface area contributed by atoms with Crippen molar-refractivity contribution in [2.75, 3.05) is 0 Å². The molecule has 5 nitrogen and oxygen atoms in total. The van der Waals surface area contributed by atoms with Crippen molar-refractivity contribution in [1.29, 1.82) is 0 Å². The van der Waals surface area contributed by atoms with Gasteiger partial charge in [0.25, 0.3) is 0 Å². The SMILES string of the molecule is Cn1nc(C(=O)O)c2nccc(C(F)(F)F)c21. The predicted molar refractivity (Wildman–Crippen MR) is 50.5 cm³/mol. The number of fused-ring (bicyclic) bond motifs is 1. The van der Waals surface area contributed by atoms with E-state index in [1.807, 2.05) is 0 Å². The fourth-order valence-corrected chi connectivity index (χ4v) is 1.58. The molecule has 2 aromatic rings. The molecule has 1 N–H and O–H groups in total. The number of nitrogens with zero attached hydrogens (tertiary/aromatic N) is 3. The van der Waals surface area contributed by atoms with Crippen LogP contribution in [0.3, 0.4) is 0 Å². The molecule has 0 aromatic carbocycles. The summed E-state index contributed by atoms with van der Waals surface area (Å²) in [5.74, 6) is -1.41. The van der Waals surface area contributed by atoms with Gasteiger partial charge in [0.1, 0.15) is 5.52 Å². The summed E-state index contributed by atoms with van der Waals surface area (Å²) in [5, 5.41) is 12.3. The van der Waals surface area contributed by atoms with E-state index in [0.29, 0.717) is 0 Å². The van der Waals surface area contributed by atoms with E-state index in [0.717, 1.165) is 16.9 Å². The molecule has 0 unspecified atom stereocenters. The summed E-state index contributed by atoms with van der Waals surface area (Å²) in [6.45, 7) is 0. The van der Waals surface area contributed by atoms with Gasteiger partial charge in [-0.1, -0.05) is 0 Å². The van der Waals surface area contributed by atoms with E-state index in [4.69, 9.17) is 5.11 Å². The van der Waals surface area contributed by atoms with E-state index in [2.05, 4.69) is 10.1 Å². The van der Waals surface area contributed by atoms with Crippen LogP contribution in [0, 0.1) is 0 Å². The highest BCUT2D eigenvalue weighted by molar-refractivity contribution is 6.00. The first-order valence-corrected chi connectivity index (χ1v) is 4.44. The number of hydrogen-bond donors (Lipinski definition) is 1. The van der Waals surface area contributed by atoms with Gasteiger partial charge < -0.3 is 5.11 Å². The Morgan fingerprint density at radius 2 is 2.12 bits per heavy atom. The lowest BCUT2D eigenvalue weighted by molar-refractivity contribution is -0.136. The first kappa shape index (κ1) is 11.4. The molecule has 0 saturated heterocycles. The fourth-order valence-electron chi connectivity index (χ4n) is 1.58. The lowest BCUT2D eigenvalue weighted by atomic mass is 10.2. The number of rotatable bonds is 1. The van der Waals surface area contributed by atoms with Gasteiger partial charge in [0.15, 0.2) is 5.69 Å². The average Bonchev–Trinajstić information content (AvgIpc) is 2.55. The van der Waals surface area contributed by atoms with E-state index in [1.165, 1.54) is 7.05 Å². The van der Waals surface area contributed by atoms with Gasteiger partial charge in [-0.2, -0.15) is 18.3 Å². The Kier molecular flexibility index (Phi) is 2.30. The second kappa shape index (κ2) is 3.44. The average molecular weight is 245 g/mol. The summed E-state index contributed by atoms with van der Waals surface area (Å²) in [7, 11) is 1.24. The molecule has 0 spiro atoms. The van der Waals surface area contributed by atoms with Crippen LogP contribution in [-0.4, -0.2) is 25.8 Å². The number of aromatic carboxylic acids is 1. The molecule has 2 heterocycles. The van der Waals surface area contributed by atoms with Crippen LogP contribution >= 0.6 is 0 Å². The molecule has 0 atom stereocenters. The molecule has 0 bridgehead atoms. The van der Waals surface area contributed by atoms with Gasteiger partial charge in [-0.3, -0.25) is 9.67 Å². The Labute approximate surface area is 92.5 Å². The first-order chi connectivity index (χ1) is 7.82. The third-order valence-electron chi connectivity index (χ3n) is 2.23. The fraction of sp³-hybridized carbons (Fsp3) is 0.222. The maximum Gasteiger partial charge on any atom is 0.418 e. The van der Waals surface area contributed by atoms with Crippen LogP contribution in [-0.2, 0) is 13.2 Å². The summed E-state index contributed by atoms with van der Waals surface area (Å²) >= 11 is 0. The third kappa shape index (κ3) is 1.71. The van der Waals surface area contributed by atoms with Gasteiger partial charge in [-0.05, 0) is 6.07 Å². The highest BCUT2D eigenvalue weighted by Crippen LogP contribution is 2.34. The zero-order chi connectivity index (χ0) is 12.8. The summed E-state index contributed by atoms with van der Waals surface area (Å²) in [5.41, 5.74) is -2.05. The third-order valence-corrected chi connectivity index (χ3v) is 2.23. The Morgan fingerprint density at radius 3 is 2.65 bits per heavy atom. The molecular formula is C9H6F3N3O2. The van der Waals surface area contributed by atoms with Crippen molar-refractivity contribution in [2.45, 2.75) is 6.18 Å². The van der Waals surface area contributed by atoms with E-state index in [1.54, 1.807) is 0 Å². The number of aryl methyl sites for hydroxylation is 1. The molecule has 2 aromatic heterocycles. The molecule has 90 valence electrons. The van der Waals surface area contributed by atoms with Crippen molar-refractivity contribution in [3.8, 4) is 0 Å². The second-order valence-electron chi connectivity index (χ2n) is 3.33. The van der Waals surface area contributed by atoms with Crippen molar-refractivity contribution < 1.29 is 23.1 Å². The van der Waals surface area contributed by atoms with Gasteiger partial charge in [0.2, 0.25) is 0 Å². The van der Waals surface area contributed by atoms with Crippen LogP contribution in [0.15, 0.2) is 12.3 Å². The van der Waals surface area contributed by atoms with E-state index < -0.39 is 23.4 Å². The summed E-state index contributed by atoms with van der Waals surface area (Å²) in [6.07, 6.45) is -3.66. The number of pyridine rings is 1. The summed E-state index contributed by atoms with van der Waals surface area (Å²) < 4.78 is 38.9. The highest BCUT2D eigenvalue weighted by atomic mass is 19.4. The number of carboxylic acid groups (broad SMARTS) is 1. The zero-order valence-electron chi connectivity index (χ0n) is 8.49. The van der Waals surface area contributed by atoms with Gasteiger partial charge in [-0.15, -0.1) is 0 Å². The topological polar surface area (TPSA) is 68.0 Å². The minimum atomic E-state index is -4.58. The van der Waals surface area contributed by atoms with Gasteiger partial charge in [-0.25, -0.2) is 4.79 Å². The van der Waals surface area contributed by atoms with Crippen LogP contribution in [0.2, 0.25) is 0 Å².